The van der Waals surface area contributed by atoms with Crippen LogP contribution in [0.2, 0.25) is 0 Å². The summed E-state index contributed by atoms with van der Waals surface area (Å²) in [6.07, 6.45) is -0.511. The molecule has 0 saturated heterocycles. The average molecular weight is 385 g/mol. The Morgan fingerprint density at radius 3 is 2.43 bits per heavy atom. The second-order valence-corrected chi connectivity index (χ2v) is 6.70. The molecule has 0 fully saturated rings. The highest BCUT2D eigenvalue weighted by molar-refractivity contribution is 5.80. The van der Waals surface area contributed by atoms with Crippen LogP contribution in [-0.2, 0) is 16.1 Å². The predicted molar refractivity (Wildman–Crippen MR) is 112 cm³/mol. The highest BCUT2D eigenvalue weighted by atomic mass is 16.5. The molecule has 1 N–H and O–H groups in total. The largest absolute Gasteiger partial charge is 0.497 e. The molecule has 152 valence electrons. The minimum Gasteiger partial charge on any atom is -0.497 e. The zero-order valence-electron chi connectivity index (χ0n) is 17.4. The third kappa shape index (κ3) is 6.36. The maximum atomic E-state index is 12.5. The standard InChI is InChI=1S/C23H32N2O3/c1-5-25(6-2)22(20-13-10-14-21(15-20)27-4)16-24-23(26)18(3)28-17-19-11-8-7-9-12-19/h7-15,18,22H,5-6,16-17H2,1-4H3,(H,24,26). The molecule has 0 aromatic heterocycles. The van der Waals surface area contributed by atoms with Gasteiger partial charge in [0.25, 0.3) is 0 Å². The highest BCUT2D eigenvalue weighted by Gasteiger charge is 2.21. The lowest BCUT2D eigenvalue weighted by Gasteiger charge is -2.31. The summed E-state index contributed by atoms with van der Waals surface area (Å²) in [5.74, 6) is 0.719. The van der Waals surface area contributed by atoms with Gasteiger partial charge < -0.3 is 14.8 Å². The van der Waals surface area contributed by atoms with E-state index in [1.807, 2.05) is 48.5 Å². The van der Waals surface area contributed by atoms with E-state index < -0.39 is 6.10 Å². The number of hydrogen-bond donors (Lipinski definition) is 1. The fraction of sp³-hybridized carbons (Fsp3) is 0.435. The second-order valence-electron chi connectivity index (χ2n) is 6.70. The van der Waals surface area contributed by atoms with Crippen LogP contribution in [-0.4, -0.2) is 43.7 Å². The molecule has 28 heavy (non-hydrogen) atoms. The first-order chi connectivity index (χ1) is 13.6. The van der Waals surface area contributed by atoms with Crippen molar-refractivity contribution in [1.82, 2.24) is 10.2 Å². The number of benzene rings is 2. The van der Waals surface area contributed by atoms with Crippen molar-refractivity contribution in [3.8, 4) is 5.75 Å². The Balaban J connectivity index is 1.98. The lowest BCUT2D eigenvalue weighted by Crippen LogP contribution is -2.41. The van der Waals surface area contributed by atoms with Crippen LogP contribution in [0.1, 0.15) is 37.9 Å². The van der Waals surface area contributed by atoms with Gasteiger partial charge >= 0.3 is 0 Å². The van der Waals surface area contributed by atoms with Gasteiger partial charge in [0.2, 0.25) is 5.91 Å². The molecule has 0 saturated carbocycles. The monoisotopic (exact) mass is 384 g/mol. The van der Waals surface area contributed by atoms with Crippen LogP contribution in [0.15, 0.2) is 54.6 Å². The number of ether oxygens (including phenoxy) is 2. The molecular formula is C23H32N2O3. The van der Waals surface area contributed by atoms with Gasteiger partial charge in [-0.05, 0) is 43.3 Å². The molecule has 5 heteroatoms. The Morgan fingerprint density at radius 2 is 1.79 bits per heavy atom. The normalized spacial score (nSPS) is 13.2. The highest BCUT2D eigenvalue weighted by Crippen LogP contribution is 2.23. The molecule has 2 unspecified atom stereocenters. The topological polar surface area (TPSA) is 50.8 Å². The zero-order chi connectivity index (χ0) is 20.4. The van der Waals surface area contributed by atoms with E-state index in [1.165, 1.54) is 0 Å². The van der Waals surface area contributed by atoms with E-state index in [2.05, 4.69) is 30.1 Å². The van der Waals surface area contributed by atoms with Gasteiger partial charge in [-0.15, -0.1) is 0 Å². The number of nitrogens with zero attached hydrogens (tertiary/aromatic N) is 1. The molecular weight excluding hydrogens is 352 g/mol. The lowest BCUT2D eigenvalue weighted by atomic mass is 10.0. The van der Waals surface area contributed by atoms with Gasteiger partial charge in [0, 0.05) is 6.54 Å². The van der Waals surface area contributed by atoms with E-state index in [-0.39, 0.29) is 11.9 Å². The second kappa shape index (κ2) is 11.5. The summed E-state index contributed by atoms with van der Waals surface area (Å²) in [7, 11) is 1.67. The van der Waals surface area contributed by atoms with Crippen LogP contribution in [0.3, 0.4) is 0 Å². The molecule has 2 aromatic rings. The summed E-state index contributed by atoms with van der Waals surface area (Å²) < 4.78 is 11.1. The van der Waals surface area contributed by atoms with E-state index in [0.29, 0.717) is 13.2 Å². The maximum Gasteiger partial charge on any atom is 0.248 e. The van der Waals surface area contributed by atoms with Gasteiger partial charge in [-0.2, -0.15) is 0 Å². The summed E-state index contributed by atoms with van der Waals surface area (Å²) in [4.78, 5) is 14.9. The Hall–Kier alpha value is -2.37. The quantitative estimate of drug-likeness (QED) is 0.640. The van der Waals surface area contributed by atoms with Gasteiger partial charge in [0.05, 0.1) is 19.8 Å². The minimum atomic E-state index is -0.511. The Labute approximate surface area is 168 Å². The molecule has 0 radical (unpaired) electrons. The lowest BCUT2D eigenvalue weighted by molar-refractivity contribution is -0.132. The number of amides is 1. The fourth-order valence-electron chi connectivity index (χ4n) is 3.18. The molecule has 0 aliphatic rings. The van der Waals surface area contributed by atoms with E-state index >= 15 is 0 Å². The van der Waals surface area contributed by atoms with Crippen LogP contribution >= 0.6 is 0 Å². The molecule has 0 spiro atoms. The molecule has 2 rings (SSSR count). The summed E-state index contributed by atoms with van der Waals surface area (Å²) in [6, 6.07) is 18.0. The van der Waals surface area contributed by atoms with Crippen LogP contribution in [0.4, 0.5) is 0 Å². The first-order valence-corrected chi connectivity index (χ1v) is 9.90. The summed E-state index contributed by atoms with van der Waals surface area (Å²) >= 11 is 0. The fourth-order valence-corrected chi connectivity index (χ4v) is 3.18. The molecule has 5 nitrogen and oxygen atoms in total. The van der Waals surface area contributed by atoms with E-state index in [0.717, 1.165) is 30.0 Å². The number of nitrogens with one attached hydrogen (secondary N) is 1. The third-order valence-electron chi connectivity index (χ3n) is 4.91. The zero-order valence-corrected chi connectivity index (χ0v) is 17.4. The van der Waals surface area contributed by atoms with Crippen LogP contribution in [0.5, 0.6) is 5.75 Å². The third-order valence-corrected chi connectivity index (χ3v) is 4.91. The van der Waals surface area contributed by atoms with E-state index in [4.69, 9.17) is 9.47 Å². The van der Waals surface area contributed by atoms with Gasteiger partial charge in [-0.1, -0.05) is 56.3 Å². The van der Waals surface area contributed by atoms with Gasteiger partial charge in [0.15, 0.2) is 0 Å². The first kappa shape index (κ1) is 21.9. The Morgan fingerprint density at radius 1 is 1.07 bits per heavy atom. The number of methoxy groups -OCH3 is 1. The predicted octanol–water partition coefficient (Wildman–Crippen LogP) is 3.80. The van der Waals surface area contributed by atoms with Crippen molar-refractivity contribution in [2.24, 2.45) is 0 Å². The molecule has 2 atom stereocenters. The summed E-state index contributed by atoms with van der Waals surface area (Å²) in [6.45, 7) is 8.78. The van der Waals surface area contributed by atoms with Crippen molar-refractivity contribution >= 4 is 5.91 Å². The molecule has 1 amide bonds. The van der Waals surface area contributed by atoms with E-state index in [1.54, 1.807) is 14.0 Å². The molecule has 0 heterocycles. The Bertz CT molecular complexity index is 717. The number of hydrogen-bond acceptors (Lipinski definition) is 4. The van der Waals surface area contributed by atoms with Gasteiger partial charge in [0.1, 0.15) is 11.9 Å². The van der Waals surface area contributed by atoms with Crippen molar-refractivity contribution in [3.05, 3.63) is 65.7 Å². The van der Waals surface area contributed by atoms with Crippen molar-refractivity contribution < 1.29 is 14.3 Å². The number of carbonyl (C=O) groups excluding carboxylic acids is 1. The van der Waals surface area contributed by atoms with E-state index in [9.17, 15) is 4.79 Å². The van der Waals surface area contributed by atoms with Crippen molar-refractivity contribution in [2.75, 3.05) is 26.7 Å². The minimum absolute atomic E-state index is 0.0790. The summed E-state index contributed by atoms with van der Waals surface area (Å²) in [5, 5.41) is 3.06. The van der Waals surface area contributed by atoms with Crippen LogP contribution in [0.25, 0.3) is 0 Å². The maximum absolute atomic E-state index is 12.5. The molecule has 0 bridgehead atoms. The van der Waals surface area contributed by atoms with Gasteiger partial charge in [-0.3, -0.25) is 9.69 Å². The Kier molecular flexibility index (Phi) is 8.98. The molecule has 0 aliphatic carbocycles. The SMILES string of the molecule is CCN(CC)C(CNC(=O)C(C)OCc1ccccc1)c1cccc(OC)c1. The number of likely N-dealkylation sites (N-methyl/N-ethyl adjacent to an activating group) is 1. The van der Waals surface area contributed by atoms with Crippen LogP contribution < -0.4 is 10.1 Å². The molecule has 2 aromatic carbocycles. The first-order valence-electron chi connectivity index (χ1n) is 9.90. The number of rotatable bonds is 11. The summed E-state index contributed by atoms with van der Waals surface area (Å²) in [5.41, 5.74) is 2.18. The van der Waals surface area contributed by atoms with Crippen molar-refractivity contribution in [3.63, 3.8) is 0 Å². The average Bonchev–Trinajstić information content (AvgIpc) is 2.75. The van der Waals surface area contributed by atoms with Crippen molar-refractivity contribution in [1.29, 1.82) is 0 Å². The van der Waals surface area contributed by atoms with Crippen LogP contribution in [0, 0.1) is 0 Å². The molecule has 0 aliphatic heterocycles. The smallest absolute Gasteiger partial charge is 0.248 e. The number of carbonyl (C=O) groups is 1. The van der Waals surface area contributed by atoms with Gasteiger partial charge in [-0.25, -0.2) is 0 Å². The van der Waals surface area contributed by atoms with Crippen molar-refractivity contribution in [2.45, 2.75) is 39.5 Å².